The van der Waals surface area contributed by atoms with Crippen LogP contribution in [0.15, 0.2) is 53.4 Å². The van der Waals surface area contributed by atoms with E-state index in [2.05, 4.69) is 15.7 Å². The normalized spacial score (nSPS) is 13.3. The molecular formula is C19H18N4O4S. The molecule has 0 saturated heterocycles. The van der Waals surface area contributed by atoms with Gasteiger partial charge in [-0.1, -0.05) is 24.3 Å². The summed E-state index contributed by atoms with van der Waals surface area (Å²) in [6.07, 6.45) is 0. The molecule has 1 aliphatic heterocycles. The van der Waals surface area contributed by atoms with Gasteiger partial charge in [-0.3, -0.25) is 4.79 Å². The molecule has 4 rings (SSSR count). The van der Waals surface area contributed by atoms with Crippen molar-refractivity contribution in [1.29, 1.82) is 0 Å². The molecular weight excluding hydrogens is 380 g/mol. The van der Waals surface area contributed by atoms with E-state index in [1.165, 1.54) is 18.2 Å². The van der Waals surface area contributed by atoms with E-state index in [0.29, 0.717) is 24.3 Å². The van der Waals surface area contributed by atoms with E-state index in [4.69, 9.17) is 0 Å². The number of rotatable bonds is 4. The molecule has 28 heavy (non-hydrogen) atoms. The van der Waals surface area contributed by atoms with Gasteiger partial charge in [0.05, 0.1) is 16.2 Å². The number of phenolic OH excluding ortho intramolecular Hbond substituents is 1. The summed E-state index contributed by atoms with van der Waals surface area (Å²) in [7, 11) is -4.01. The third kappa shape index (κ3) is 3.04. The zero-order valence-corrected chi connectivity index (χ0v) is 15.8. The molecule has 1 aromatic heterocycles. The first-order valence-electron chi connectivity index (χ1n) is 8.61. The highest BCUT2D eigenvalue weighted by atomic mass is 32.2. The van der Waals surface area contributed by atoms with Gasteiger partial charge in [0.2, 0.25) is 0 Å². The van der Waals surface area contributed by atoms with Crippen molar-refractivity contribution in [2.24, 2.45) is 0 Å². The standard InChI is InChI=1S/C19H18N4O4S/c1-12-5-4-6-13(9-12)28(26,27)23-18(15-10-20-11-16(15)22-23)21-19(25)14-7-2-3-8-17(14)24/h2-9,20,24H,10-11H2,1H3,(H,21,25). The maximum absolute atomic E-state index is 13.2. The molecule has 2 heterocycles. The molecule has 0 aliphatic carbocycles. The Hall–Kier alpha value is -3.17. The van der Waals surface area contributed by atoms with Crippen LogP contribution in [0.2, 0.25) is 0 Å². The lowest BCUT2D eigenvalue weighted by molar-refractivity contribution is 0.102. The molecule has 0 unspecified atom stereocenters. The van der Waals surface area contributed by atoms with Crippen molar-refractivity contribution in [2.75, 3.05) is 5.32 Å². The molecule has 0 radical (unpaired) electrons. The van der Waals surface area contributed by atoms with Crippen LogP contribution in [0, 0.1) is 6.92 Å². The first-order chi connectivity index (χ1) is 13.4. The van der Waals surface area contributed by atoms with Gasteiger partial charge in [0.15, 0.2) is 5.82 Å². The van der Waals surface area contributed by atoms with Crippen molar-refractivity contribution in [3.05, 3.63) is 70.9 Å². The zero-order valence-electron chi connectivity index (χ0n) is 15.0. The number of benzene rings is 2. The Balaban J connectivity index is 1.80. The van der Waals surface area contributed by atoms with Crippen LogP contribution in [0.1, 0.15) is 27.2 Å². The van der Waals surface area contributed by atoms with E-state index >= 15 is 0 Å². The highest BCUT2D eigenvalue weighted by molar-refractivity contribution is 7.90. The molecule has 2 aromatic carbocycles. The van der Waals surface area contributed by atoms with E-state index in [1.54, 1.807) is 37.3 Å². The molecule has 0 saturated carbocycles. The first-order valence-corrected chi connectivity index (χ1v) is 10.0. The van der Waals surface area contributed by atoms with Crippen LogP contribution in [-0.4, -0.2) is 28.6 Å². The van der Waals surface area contributed by atoms with Crippen molar-refractivity contribution in [3.8, 4) is 5.75 Å². The lowest BCUT2D eigenvalue weighted by Gasteiger charge is -2.12. The zero-order chi connectivity index (χ0) is 19.9. The molecule has 0 bridgehead atoms. The third-order valence-electron chi connectivity index (χ3n) is 4.53. The highest BCUT2D eigenvalue weighted by Crippen LogP contribution is 2.29. The van der Waals surface area contributed by atoms with Crippen LogP contribution >= 0.6 is 0 Å². The molecule has 3 N–H and O–H groups in total. The molecule has 3 aromatic rings. The predicted molar refractivity (Wildman–Crippen MR) is 103 cm³/mol. The van der Waals surface area contributed by atoms with Crippen LogP contribution in [0.3, 0.4) is 0 Å². The number of hydrogen-bond acceptors (Lipinski definition) is 6. The van der Waals surface area contributed by atoms with E-state index in [9.17, 15) is 18.3 Å². The van der Waals surface area contributed by atoms with E-state index < -0.39 is 15.9 Å². The van der Waals surface area contributed by atoms with Gasteiger partial charge >= 0.3 is 0 Å². The van der Waals surface area contributed by atoms with E-state index in [0.717, 1.165) is 9.65 Å². The molecule has 8 nitrogen and oxygen atoms in total. The number of aryl methyl sites for hydroxylation is 1. The average Bonchev–Trinajstić information content (AvgIpc) is 3.25. The number of para-hydroxylation sites is 1. The molecule has 0 fully saturated rings. The van der Waals surface area contributed by atoms with Crippen molar-refractivity contribution < 1.29 is 18.3 Å². The van der Waals surface area contributed by atoms with E-state index in [1.807, 2.05) is 0 Å². The number of nitrogens with zero attached hydrogens (tertiary/aromatic N) is 2. The van der Waals surface area contributed by atoms with Crippen molar-refractivity contribution in [2.45, 2.75) is 24.9 Å². The molecule has 0 atom stereocenters. The number of amides is 1. The summed E-state index contributed by atoms with van der Waals surface area (Å²) in [5, 5.41) is 19.9. The topological polar surface area (TPSA) is 113 Å². The Morgan fingerprint density at radius 2 is 1.96 bits per heavy atom. The van der Waals surface area contributed by atoms with Crippen LogP contribution in [-0.2, 0) is 23.1 Å². The number of aromatic nitrogens is 2. The number of anilines is 1. The lowest BCUT2D eigenvalue weighted by atomic mass is 10.2. The number of nitrogens with one attached hydrogen (secondary N) is 2. The quantitative estimate of drug-likeness (QED) is 0.619. The van der Waals surface area contributed by atoms with E-state index in [-0.39, 0.29) is 22.0 Å². The molecule has 0 spiro atoms. The van der Waals surface area contributed by atoms with Crippen molar-refractivity contribution in [3.63, 3.8) is 0 Å². The van der Waals surface area contributed by atoms with Gasteiger partial charge in [0.25, 0.3) is 15.9 Å². The van der Waals surface area contributed by atoms with Gasteiger partial charge in [0, 0.05) is 18.7 Å². The maximum atomic E-state index is 13.2. The van der Waals surface area contributed by atoms with Crippen LogP contribution in [0.5, 0.6) is 5.75 Å². The Labute approximate surface area is 161 Å². The molecule has 1 aliphatic rings. The minimum absolute atomic E-state index is 0.0444. The summed E-state index contributed by atoms with van der Waals surface area (Å²) in [6.45, 7) is 2.59. The summed E-state index contributed by atoms with van der Waals surface area (Å²) >= 11 is 0. The molecule has 1 amide bonds. The minimum atomic E-state index is -4.01. The second-order valence-electron chi connectivity index (χ2n) is 6.51. The number of phenols is 1. The SMILES string of the molecule is Cc1cccc(S(=O)(=O)n2nc3c(c2NC(=O)c2ccccc2O)CNC3)c1. The summed E-state index contributed by atoms with van der Waals surface area (Å²) in [5.74, 6) is -0.731. The molecule has 144 valence electrons. The van der Waals surface area contributed by atoms with Crippen LogP contribution in [0.4, 0.5) is 5.82 Å². The Kier molecular flexibility index (Phi) is 4.40. The van der Waals surface area contributed by atoms with Crippen molar-refractivity contribution in [1.82, 2.24) is 14.5 Å². The second-order valence-corrected chi connectivity index (χ2v) is 8.28. The van der Waals surface area contributed by atoms with Gasteiger partial charge in [0.1, 0.15) is 5.75 Å². The number of hydrogen-bond donors (Lipinski definition) is 3. The summed E-state index contributed by atoms with van der Waals surface area (Å²) < 4.78 is 27.2. The average molecular weight is 398 g/mol. The van der Waals surface area contributed by atoms with Gasteiger partial charge in [-0.25, -0.2) is 0 Å². The van der Waals surface area contributed by atoms with Crippen molar-refractivity contribution >= 4 is 21.7 Å². The first kappa shape index (κ1) is 18.2. The van der Waals surface area contributed by atoms with Gasteiger partial charge in [-0.2, -0.15) is 13.5 Å². The fourth-order valence-electron chi connectivity index (χ4n) is 3.12. The Morgan fingerprint density at radius 3 is 2.71 bits per heavy atom. The highest BCUT2D eigenvalue weighted by Gasteiger charge is 2.30. The van der Waals surface area contributed by atoms with Crippen LogP contribution < -0.4 is 10.6 Å². The number of fused-ring (bicyclic) bond motifs is 1. The fraction of sp³-hybridized carbons (Fsp3) is 0.158. The number of aromatic hydroxyl groups is 1. The van der Waals surface area contributed by atoms with Gasteiger partial charge < -0.3 is 15.7 Å². The number of carbonyl (C=O) groups is 1. The summed E-state index contributed by atoms with van der Waals surface area (Å²) in [6, 6.07) is 12.5. The van der Waals surface area contributed by atoms with Crippen LogP contribution in [0.25, 0.3) is 0 Å². The summed E-state index contributed by atoms with van der Waals surface area (Å²) in [5.41, 5.74) is 2.01. The predicted octanol–water partition coefficient (Wildman–Crippen LogP) is 1.99. The number of carbonyl (C=O) groups excluding carboxylic acids is 1. The maximum Gasteiger partial charge on any atom is 0.284 e. The van der Waals surface area contributed by atoms with Gasteiger partial charge in [-0.15, -0.1) is 4.09 Å². The summed E-state index contributed by atoms with van der Waals surface area (Å²) in [4.78, 5) is 12.8. The lowest BCUT2D eigenvalue weighted by Crippen LogP contribution is -2.23. The third-order valence-corrected chi connectivity index (χ3v) is 6.10. The smallest absolute Gasteiger partial charge is 0.284 e. The monoisotopic (exact) mass is 398 g/mol. The Morgan fingerprint density at radius 1 is 1.18 bits per heavy atom. The minimum Gasteiger partial charge on any atom is -0.507 e. The van der Waals surface area contributed by atoms with Gasteiger partial charge in [-0.05, 0) is 36.8 Å². The second kappa shape index (κ2) is 6.77. The molecule has 9 heteroatoms. The Bertz CT molecular complexity index is 1180. The fourth-order valence-corrected chi connectivity index (χ4v) is 4.51. The largest absolute Gasteiger partial charge is 0.507 e.